The topological polar surface area (TPSA) is 53.5 Å². The smallest absolute Gasteiger partial charge is 0.235 e. The van der Waals surface area contributed by atoms with Crippen LogP contribution in [-0.4, -0.2) is 11.6 Å². The molecule has 5 heteroatoms. The molecule has 0 radical (unpaired) electrons. The van der Waals surface area contributed by atoms with E-state index < -0.39 is 5.92 Å². The van der Waals surface area contributed by atoms with Gasteiger partial charge in [0.2, 0.25) is 5.91 Å². The number of halogens is 1. The van der Waals surface area contributed by atoms with Gasteiger partial charge in [0.25, 0.3) is 0 Å². The van der Waals surface area contributed by atoms with Crippen molar-refractivity contribution in [1.82, 2.24) is 5.43 Å². The molecular formula is C19H20FN3O. The van der Waals surface area contributed by atoms with E-state index in [1.807, 2.05) is 44.2 Å². The summed E-state index contributed by atoms with van der Waals surface area (Å²) in [5.74, 6) is -0.717. The minimum absolute atomic E-state index is 0.118. The van der Waals surface area contributed by atoms with Crippen LogP contribution < -0.4 is 10.7 Å². The summed E-state index contributed by atoms with van der Waals surface area (Å²) in [5.41, 5.74) is 5.43. The monoisotopic (exact) mass is 325 g/mol. The number of benzene rings is 2. The fourth-order valence-electron chi connectivity index (χ4n) is 2.91. The van der Waals surface area contributed by atoms with Gasteiger partial charge in [0.05, 0.1) is 11.8 Å². The van der Waals surface area contributed by atoms with Gasteiger partial charge in [0.15, 0.2) is 0 Å². The highest BCUT2D eigenvalue weighted by Gasteiger charge is 2.39. The number of hydrogen-bond acceptors (Lipinski definition) is 3. The molecule has 0 saturated heterocycles. The molecule has 1 aliphatic heterocycles. The molecule has 2 atom stereocenters. The van der Waals surface area contributed by atoms with E-state index in [-0.39, 0.29) is 23.7 Å². The predicted octanol–water partition coefficient (Wildman–Crippen LogP) is 3.74. The highest BCUT2D eigenvalue weighted by atomic mass is 19.1. The average molecular weight is 325 g/mol. The van der Waals surface area contributed by atoms with E-state index >= 15 is 0 Å². The van der Waals surface area contributed by atoms with Crippen molar-refractivity contribution in [1.29, 1.82) is 0 Å². The van der Waals surface area contributed by atoms with E-state index in [4.69, 9.17) is 0 Å². The molecule has 2 aromatic rings. The normalized spacial score (nSPS) is 19.8. The lowest BCUT2D eigenvalue weighted by Gasteiger charge is -2.22. The molecule has 124 valence electrons. The van der Waals surface area contributed by atoms with Crippen LogP contribution in [0.2, 0.25) is 0 Å². The minimum atomic E-state index is -0.435. The Morgan fingerprint density at radius 3 is 2.42 bits per heavy atom. The molecule has 1 amide bonds. The van der Waals surface area contributed by atoms with Crippen molar-refractivity contribution in [2.75, 3.05) is 5.32 Å². The summed E-state index contributed by atoms with van der Waals surface area (Å²) >= 11 is 0. The molecule has 0 saturated carbocycles. The summed E-state index contributed by atoms with van der Waals surface area (Å²) in [4.78, 5) is 12.9. The predicted molar refractivity (Wildman–Crippen MR) is 93.1 cm³/mol. The van der Waals surface area contributed by atoms with Gasteiger partial charge in [-0.15, -0.1) is 0 Å². The molecule has 0 spiro atoms. The second kappa shape index (κ2) is 6.83. The van der Waals surface area contributed by atoms with Crippen LogP contribution in [0.25, 0.3) is 0 Å². The Bertz CT molecular complexity index is 741. The van der Waals surface area contributed by atoms with Gasteiger partial charge in [0.1, 0.15) is 11.7 Å². The number of para-hydroxylation sites is 1. The zero-order valence-electron chi connectivity index (χ0n) is 13.7. The van der Waals surface area contributed by atoms with Gasteiger partial charge in [-0.05, 0) is 35.7 Å². The zero-order valence-corrected chi connectivity index (χ0v) is 13.7. The van der Waals surface area contributed by atoms with Crippen LogP contribution in [0, 0.1) is 17.7 Å². The number of amides is 1. The zero-order chi connectivity index (χ0) is 17.1. The van der Waals surface area contributed by atoms with Crippen molar-refractivity contribution >= 4 is 17.3 Å². The third-order valence-electron chi connectivity index (χ3n) is 4.13. The Hall–Kier alpha value is -2.69. The third-order valence-corrected chi connectivity index (χ3v) is 4.13. The number of hydrazone groups is 1. The molecular weight excluding hydrogens is 305 g/mol. The molecule has 24 heavy (non-hydrogen) atoms. The number of carbonyl (C=O) groups is 1. The molecule has 0 aromatic heterocycles. The maximum Gasteiger partial charge on any atom is 0.235 e. The van der Waals surface area contributed by atoms with Gasteiger partial charge in [-0.25, -0.2) is 4.39 Å². The molecule has 2 unspecified atom stereocenters. The SMILES string of the molecule is CC(C)C1=NNC(c2ccc(F)cc2)C1C(=O)Nc1ccccc1. The molecule has 0 bridgehead atoms. The Labute approximate surface area is 140 Å². The van der Waals surface area contributed by atoms with Crippen LogP contribution in [0.5, 0.6) is 0 Å². The van der Waals surface area contributed by atoms with E-state index in [2.05, 4.69) is 15.8 Å². The van der Waals surface area contributed by atoms with Gasteiger partial charge >= 0.3 is 0 Å². The van der Waals surface area contributed by atoms with Crippen LogP contribution >= 0.6 is 0 Å². The number of nitrogens with zero attached hydrogens (tertiary/aromatic N) is 1. The summed E-state index contributed by atoms with van der Waals surface area (Å²) in [6.07, 6.45) is 0. The molecule has 1 heterocycles. The first-order valence-corrected chi connectivity index (χ1v) is 8.00. The van der Waals surface area contributed by atoms with Crippen LogP contribution in [-0.2, 0) is 4.79 Å². The van der Waals surface area contributed by atoms with Gasteiger partial charge in [-0.3, -0.25) is 4.79 Å². The lowest BCUT2D eigenvalue weighted by Crippen LogP contribution is -2.35. The van der Waals surface area contributed by atoms with Gasteiger partial charge in [-0.1, -0.05) is 44.2 Å². The number of rotatable bonds is 4. The lowest BCUT2D eigenvalue weighted by atomic mass is 9.85. The average Bonchev–Trinajstić information content (AvgIpc) is 3.02. The number of carbonyl (C=O) groups excluding carboxylic acids is 1. The molecule has 2 N–H and O–H groups in total. The van der Waals surface area contributed by atoms with Gasteiger partial charge in [-0.2, -0.15) is 5.10 Å². The van der Waals surface area contributed by atoms with Crippen molar-refractivity contribution in [2.45, 2.75) is 19.9 Å². The van der Waals surface area contributed by atoms with Crippen LogP contribution in [0.3, 0.4) is 0 Å². The summed E-state index contributed by atoms with van der Waals surface area (Å²) in [6.45, 7) is 4.02. The molecule has 2 aromatic carbocycles. The molecule has 4 nitrogen and oxygen atoms in total. The minimum Gasteiger partial charge on any atom is -0.325 e. The third kappa shape index (κ3) is 3.30. The van der Waals surface area contributed by atoms with Crippen molar-refractivity contribution in [3.8, 4) is 0 Å². The second-order valence-corrected chi connectivity index (χ2v) is 6.18. The standard InChI is InChI=1S/C19H20FN3O/c1-12(2)17-16(19(24)21-15-6-4-3-5-7-15)18(23-22-17)13-8-10-14(20)11-9-13/h3-12,16,18,23H,1-2H3,(H,21,24). The summed E-state index contributed by atoms with van der Waals surface area (Å²) in [5, 5.41) is 7.32. The van der Waals surface area contributed by atoms with E-state index in [1.165, 1.54) is 12.1 Å². The molecule has 0 aliphatic carbocycles. The van der Waals surface area contributed by atoms with Crippen LogP contribution in [0.15, 0.2) is 59.7 Å². The second-order valence-electron chi connectivity index (χ2n) is 6.18. The maximum atomic E-state index is 13.2. The molecule has 0 fully saturated rings. The molecule has 1 aliphatic rings. The van der Waals surface area contributed by atoms with Crippen LogP contribution in [0.4, 0.5) is 10.1 Å². The first kappa shape index (κ1) is 16.2. The van der Waals surface area contributed by atoms with E-state index in [1.54, 1.807) is 12.1 Å². The quantitative estimate of drug-likeness (QED) is 0.900. The van der Waals surface area contributed by atoms with Gasteiger partial charge in [0, 0.05) is 5.69 Å². The van der Waals surface area contributed by atoms with Gasteiger partial charge < -0.3 is 10.7 Å². The number of hydrogen-bond donors (Lipinski definition) is 2. The van der Waals surface area contributed by atoms with Crippen molar-refractivity contribution in [3.63, 3.8) is 0 Å². The fourth-order valence-corrected chi connectivity index (χ4v) is 2.91. The lowest BCUT2D eigenvalue weighted by molar-refractivity contribution is -0.118. The number of anilines is 1. The summed E-state index contributed by atoms with van der Waals surface area (Å²) < 4.78 is 13.2. The Kier molecular flexibility index (Phi) is 4.60. The summed E-state index contributed by atoms with van der Waals surface area (Å²) in [7, 11) is 0. The van der Waals surface area contributed by atoms with Crippen LogP contribution in [0.1, 0.15) is 25.5 Å². The Balaban J connectivity index is 1.87. The maximum absolute atomic E-state index is 13.2. The van der Waals surface area contributed by atoms with Crippen molar-refractivity contribution in [3.05, 3.63) is 66.0 Å². The van der Waals surface area contributed by atoms with Crippen molar-refractivity contribution < 1.29 is 9.18 Å². The van der Waals surface area contributed by atoms with E-state index in [0.717, 1.165) is 17.0 Å². The van der Waals surface area contributed by atoms with E-state index in [9.17, 15) is 9.18 Å². The largest absolute Gasteiger partial charge is 0.325 e. The Morgan fingerprint density at radius 2 is 1.79 bits per heavy atom. The van der Waals surface area contributed by atoms with Crippen molar-refractivity contribution in [2.24, 2.45) is 16.9 Å². The molecule has 3 rings (SSSR count). The van der Waals surface area contributed by atoms with E-state index in [0.29, 0.717) is 0 Å². The fraction of sp³-hybridized carbons (Fsp3) is 0.263. The first-order valence-electron chi connectivity index (χ1n) is 8.00. The first-order chi connectivity index (χ1) is 11.6. The Morgan fingerprint density at radius 1 is 1.12 bits per heavy atom. The highest BCUT2D eigenvalue weighted by Crippen LogP contribution is 2.31. The highest BCUT2D eigenvalue weighted by molar-refractivity contribution is 6.11. The number of nitrogens with one attached hydrogen (secondary N) is 2. The summed E-state index contributed by atoms with van der Waals surface area (Å²) in [6, 6.07) is 15.2.